The molecule has 3 saturated heterocycles. The minimum atomic E-state index is -5.18. The number of halogens is 10. The van der Waals surface area contributed by atoms with Gasteiger partial charge in [0.15, 0.2) is 11.5 Å². The monoisotopic (exact) mass is 966 g/mol. The van der Waals surface area contributed by atoms with Gasteiger partial charge in [-0.1, -0.05) is 6.92 Å². The normalized spacial score (nSPS) is 24.2. The van der Waals surface area contributed by atoms with Gasteiger partial charge in [-0.25, -0.2) is 22.9 Å². The molecule has 4 aliphatic rings. The SMILES string of the molecule is Cc1c(F)c(N)cc(-c2ncc3c(N4C[C@@H](C5(C)CC5)N(C(=O)n5cnc(F)n5)CCC[C@@H]4C)nc(OC[C@@]45CC[C@@H](COc6cncc(C(F)(F)F)n6)N4C[C@H](F)C5)nc3c2F)c1C(F)(F)F. The predicted octanol–water partition coefficient (Wildman–Crippen LogP) is 7.95. The standard InChI is InChI=1S/C43H44F10N12O3/c1-21-5-4-10-62(39(66)65-20-57-37(47)61-65)29(40(3)8-9-40)17-63(21)36-26-13-56-34(25-11-27(54)32(45)22(2)31(25)43(51,52)53)33(46)35(26)59-38(60-36)68-19-41-7-6-24(64(41)16-23(44)12-41)18-67-30-15-55-14-28(58-30)42(48,49)50/h11,13-15,20-21,23-24,29H,4-10,12,16-19,54H2,1-3H3/t21-,23+,24-,29-,41-/m0/s1. The maximum Gasteiger partial charge on any atom is 0.435 e. The van der Waals surface area contributed by atoms with Crippen LogP contribution in [0.3, 0.4) is 0 Å². The van der Waals surface area contributed by atoms with Gasteiger partial charge in [0.25, 0.3) is 0 Å². The Morgan fingerprint density at radius 1 is 0.941 bits per heavy atom. The minimum absolute atomic E-state index is 0.0375. The quantitative estimate of drug-likeness (QED) is 0.112. The molecule has 1 aromatic carbocycles. The average Bonchev–Trinajstić information content (AvgIpc) is 3.53. The lowest BCUT2D eigenvalue weighted by molar-refractivity contribution is -0.141. The lowest BCUT2D eigenvalue weighted by Gasteiger charge is -2.44. The summed E-state index contributed by atoms with van der Waals surface area (Å²) >= 11 is 0. The highest BCUT2D eigenvalue weighted by Gasteiger charge is 2.54. The van der Waals surface area contributed by atoms with Crippen LogP contribution in [0.5, 0.6) is 11.9 Å². The van der Waals surface area contributed by atoms with Gasteiger partial charge in [0.1, 0.15) is 48.6 Å². The van der Waals surface area contributed by atoms with Crippen LogP contribution >= 0.6 is 0 Å². The van der Waals surface area contributed by atoms with Crippen LogP contribution in [0.25, 0.3) is 22.2 Å². The van der Waals surface area contributed by atoms with Crippen molar-refractivity contribution < 1.29 is 58.2 Å². The zero-order valence-corrected chi connectivity index (χ0v) is 36.7. The van der Waals surface area contributed by atoms with Gasteiger partial charge >= 0.3 is 30.5 Å². The Morgan fingerprint density at radius 3 is 2.40 bits per heavy atom. The molecule has 68 heavy (non-hydrogen) atoms. The first-order chi connectivity index (χ1) is 32.1. The van der Waals surface area contributed by atoms with Crippen molar-refractivity contribution in [3.05, 3.63) is 65.5 Å². The van der Waals surface area contributed by atoms with E-state index in [2.05, 4.69) is 30.0 Å². The van der Waals surface area contributed by atoms with Crippen LogP contribution in [0, 0.1) is 30.1 Å². The van der Waals surface area contributed by atoms with Crippen LogP contribution in [0.15, 0.2) is 31.0 Å². The van der Waals surface area contributed by atoms with E-state index in [1.54, 1.807) is 9.80 Å². The molecule has 364 valence electrons. The molecule has 4 aromatic heterocycles. The summed E-state index contributed by atoms with van der Waals surface area (Å²) in [5, 5.41) is 3.54. The number of pyridine rings is 1. The van der Waals surface area contributed by atoms with E-state index >= 15 is 8.78 Å². The van der Waals surface area contributed by atoms with Crippen molar-refractivity contribution in [1.29, 1.82) is 0 Å². The number of alkyl halides is 7. The Morgan fingerprint density at radius 2 is 1.71 bits per heavy atom. The summed E-state index contributed by atoms with van der Waals surface area (Å²) in [4.78, 5) is 43.0. The molecule has 0 radical (unpaired) electrons. The van der Waals surface area contributed by atoms with E-state index in [9.17, 15) is 39.9 Å². The first kappa shape index (κ1) is 46.9. The highest BCUT2D eigenvalue weighted by molar-refractivity contribution is 5.93. The highest BCUT2D eigenvalue weighted by atomic mass is 19.4. The summed E-state index contributed by atoms with van der Waals surface area (Å²) in [6.45, 7) is 4.53. The van der Waals surface area contributed by atoms with E-state index in [1.165, 1.54) is 0 Å². The number of hydrogen-bond donors (Lipinski definition) is 1. The number of anilines is 2. The molecule has 1 saturated carbocycles. The summed E-state index contributed by atoms with van der Waals surface area (Å²) in [7, 11) is 0. The number of benzene rings is 1. The second-order valence-electron chi connectivity index (χ2n) is 18.3. The van der Waals surface area contributed by atoms with Gasteiger partial charge in [-0.3, -0.25) is 14.9 Å². The van der Waals surface area contributed by atoms with Crippen molar-refractivity contribution in [2.75, 3.05) is 43.5 Å². The van der Waals surface area contributed by atoms with Crippen LogP contribution in [-0.2, 0) is 12.4 Å². The molecular formula is C43H44F10N12O3. The fourth-order valence-electron chi connectivity index (χ4n) is 10.0. The average molecular weight is 967 g/mol. The van der Waals surface area contributed by atoms with Crippen molar-refractivity contribution in [1.82, 2.24) is 49.5 Å². The Hall–Kier alpha value is -6.14. The molecule has 3 aliphatic heterocycles. The van der Waals surface area contributed by atoms with E-state index in [0.717, 1.165) is 30.3 Å². The van der Waals surface area contributed by atoms with Crippen molar-refractivity contribution in [2.24, 2.45) is 5.41 Å². The number of aromatic nitrogens is 8. The smallest absolute Gasteiger partial charge is 0.435 e. The molecule has 1 amide bonds. The maximum absolute atomic E-state index is 17.3. The van der Waals surface area contributed by atoms with Crippen LogP contribution < -0.4 is 20.1 Å². The molecule has 9 rings (SSSR count). The van der Waals surface area contributed by atoms with Gasteiger partial charge in [-0.05, 0) is 69.4 Å². The summed E-state index contributed by atoms with van der Waals surface area (Å²) in [5.41, 5.74) is -2.22. The molecule has 7 heterocycles. The number of amides is 1. The molecule has 0 bridgehead atoms. The second-order valence-corrected chi connectivity index (χ2v) is 18.3. The number of ether oxygens (including phenoxy) is 2. The molecule has 1 aliphatic carbocycles. The van der Waals surface area contributed by atoms with E-state index in [-0.39, 0.29) is 62.4 Å². The lowest BCUT2D eigenvalue weighted by Crippen LogP contribution is -2.56. The van der Waals surface area contributed by atoms with Crippen LogP contribution in [-0.4, -0.2) is 118 Å². The lowest BCUT2D eigenvalue weighted by atomic mass is 9.93. The molecule has 15 nitrogen and oxygen atoms in total. The molecular weight excluding hydrogens is 923 g/mol. The van der Waals surface area contributed by atoms with Crippen LogP contribution in [0.4, 0.5) is 60.2 Å². The number of hydrogen-bond acceptors (Lipinski definition) is 13. The van der Waals surface area contributed by atoms with Gasteiger partial charge in [0, 0.05) is 49.9 Å². The number of nitrogen functional groups attached to an aromatic ring is 1. The minimum Gasteiger partial charge on any atom is -0.475 e. The molecule has 5 atom stereocenters. The van der Waals surface area contributed by atoms with Gasteiger partial charge in [0.2, 0.25) is 5.88 Å². The summed E-state index contributed by atoms with van der Waals surface area (Å²) in [6, 6.07) is -1.88. The number of nitrogens with two attached hydrogens (primary N) is 1. The van der Waals surface area contributed by atoms with Gasteiger partial charge in [-0.2, -0.15) is 50.4 Å². The molecule has 5 aromatic rings. The zero-order chi connectivity index (χ0) is 48.7. The fourth-order valence-corrected chi connectivity index (χ4v) is 10.0. The topological polar surface area (TPSA) is 166 Å². The van der Waals surface area contributed by atoms with Gasteiger partial charge in [0.05, 0.1) is 40.6 Å². The highest BCUT2D eigenvalue weighted by Crippen LogP contribution is 2.52. The van der Waals surface area contributed by atoms with Crippen LogP contribution in [0.2, 0.25) is 0 Å². The van der Waals surface area contributed by atoms with E-state index in [1.807, 2.05) is 18.7 Å². The molecule has 25 heteroatoms. The third-order valence-corrected chi connectivity index (χ3v) is 13.8. The van der Waals surface area contributed by atoms with E-state index < -0.39 is 111 Å². The number of nitrogens with zero attached hydrogens (tertiary/aromatic N) is 11. The molecule has 0 spiro atoms. The van der Waals surface area contributed by atoms with Crippen molar-refractivity contribution in [3.8, 4) is 23.1 Å². The number of carbonyl (C=O) groups is 1. The summed E-state index contributed by atoms with van der Waals surface area (Å²) < 4.78 is 158. The third kappa shape index (κ3) is 8.65. The largest absolute Gasteiger partial charge is 0.475 e. The van der Waals surface area contributed by atoms with E-state index in [0.29, 0.717) is 50.8 Å². The Balaban J connectivity index is 1.11. The molecule has 4 fully saturated rings. The Labute approximate surface area is 381 Å². The van der Waals surface area contributed by atoms with Gasteiger partial charge < -0.3 is 25.0 Å². The molecule has 2 N–H and O–H groups in total. The Bertz CT molecular complexity index is 2750. The predicted molar refractivity (Wildman–Crippen MR) is 221 cm³/mol. The fraction of sp³-hybridized carbons (Fsp3) is 0.535. The van der Waals surface area contributed by atoms with Gasteiger partial charge in [-0.15, -0.1) is 5.10 Å². The van der Waals surface area contributed by atoms with Crippen molar-refractivity contribution >= 4 is 28.4 Å². The van der Waals surface area contributed by atoms with Crippen molar-refractivity contribution in [3.63, 3.8) is 0 Å². The zero-order valence-electron chi connectivity index (χ0n) is 36.7. The number of fused-ring (bicyclic) bond motifs is 2. The van der Waals surface area contributed by atoms with E-state index in [4.69, 9.17) is 20.2 Å². The van der Waals surface area contributed by atoms with Crippen LogP contribution in [0.1, 0.15) is 75.6 Å². The Kier molecular flexibility index (Phi) is 11.8. The summed E-state index contributed by atoms with van der Waals surface area (Å²) in [5.74, 6) is -3.02. The first-order valence-corrected chi connectivity index (χ1v) is 21.8. The van der Waals surface area contributed by atoms with Crippen molar-refractivity contribution in [2.45, 2.75) is 108 Å². The number of carbonyl (C=O) groups excluding carboxylic acids is 1. The first-order valence-electron chi connectivity index (χ1n) is 21.8. The molecule has 0 unspecified atom stereocenters. The second kappa shape index (κ2) is 17.1. The third-order valence-electron chi connectivity index (χ3n) is 13.8. The summed E-state index contributed by atoms with van der Waals surface area (Å²) in [6.07, 6.45) is -5.75. The maximum atomic E-state index is 17.3. The number of rotatable bonds is 9.